The summed E-state index contributed by atoms with van der Waals surface area (Å²) in [6.07, 6.45) is 2.46. The average molecular weight is 232 g/mol. The summed E-state index contributed by atoms with van der Waals surface area (Å²) < 4.78 is 11.1. The molecule has 86 valence electrons. The number of nitrogens with one attached hydrogen (secondary N) is 1. The van der Waals surface area contributed by atoms with Crippen LogP contribution in [0.3, 0.4) is 0 Å². The fourth-order valence-electron chi connectivity index (χ4n) is 1.97. The summed E-state index contributed by atoms with van der Waals surface area (Å²) in [4.78, 5) is 0. The summed E-state index contributed by atoms with van der Waals surface area (Å²) in [5, 5.41) is 3.46. The second-order valence-corrected chi connectivity index (χ2v) is 4.78. The van der Waals surface area contributed by atoms with Gasteiger partial charge < -0.3 is 9.15 Å². The maximum absolute atomic E-state index is 5.76. The maximum atomic E-state index is 5.76. The Balaban J connectivity index is 0.00000112. The van der Waals surface area contributed by atoms with Gasteiger partial charge in [0.2, 0.25) is 0 Å². The van der Waals surface area contributed by atoms with Gasteiger partial charge in [0, 0.05) is 12.0 Å². The van der Waals surface area contributed by atoms with E-state index in [1.807, 2.05) is 12.1 Å². The highest BCUT2D eigenvalue weighted by Gasteiger charge is 2.40. The number of halogens is 1. The second-order valence-electron chi connectivity index (χ2n) is 4.78. The van der Waals surface area contributed by atoms with Crippen molar-refractivity contribution in [1.29, 1.82) is 0 Å². The number of furan rings is 1. The SMILES string of the molecule is CC1(C)COC(C)(Cc2ccco2)N1.Cl. The van der Waals surface area contributed by atoms with Crippen molar-refractivity contribution in [2.24, 2.45) is 0 Å². The topological polar surface area (TPSA) is 34.4 Å². The first-order valence-corrected chi connectivity index (χ1v) is 4.95. The second kappa shape index (κ2) is 4.16. The zero-order valence-corrected chi connectivity index (χ0v) is 10.2. The van der Waals surface area contributed by atoms with Gasteiger partial charge in [0.05, 0.1) is 12.9 Å². The average Bonchev–Trinajstić information content (AvgIpc) is 2.60. The Hall–Kier alpha value is -0.510. The van der Waals surface area contributed by atoms with Crippen LogP contribution in [0.1, 0.15) is 26.5 Å². The van der Waals surface area contributed by atoms with Gasteiger partial charge in [-0.05, 0) is 32.9 Å². The molecule has 1 aliphatic heterocycles. The van der Waals surface area contributed by atoms with Gasteiger partial charge in [0.15, 0.2) is 0 Å². The van der Waals surface area contributed by atoms with Crippen molar-refractivity contribution in [2.45, 2.75) is 38.5 Å². The lowest BCUT2D eigenvalue weighted by Gasteiger charge is -2.25. The fourth-order valence-corrected chi connectivity index (χ4v) is 1.97. The molecule has 0 saturated carbocycles. The first-order chi connectivity index (χ1) is 6.49. The molecule has 2 rings (SSSR count). The minimum Gasteiger partial charge on any atom is -0.469 e. The first kappa shape index (κ1) is 12.6. The lowest BCUT2D eigenvalue weighted by atomic mass is 10.1. The van der Waals surface area contributed by atoms with Crippen molar-refractivity contribution in [3.05, 3.63) is 24.2 Å². The van der Waals surface area contributed by atoms with Gasteiger partial charge in [0.25, 0.3) is 0 Å². The fraction of sp³-hybridized carbons (Fsp3) is 0.636. The number of hydrogen-bond donors (Lipinski definition) is 1. The molecular formula is C11H18ClNO2. The molecule has 1 N–H and O–H groups in total. The molecule has 0 spiro atoms. The third-order valence-electron chi connectivity index (χ3n) is 2.45. The van der Waals surface area contributed by atoms with Gasteiger partial charge in [-0.25, -0.2) is 0 Å². The lowest BCUT2D eigenvalue weighted by Crippen LogP contribution is -2.47. The van der Waals surface area contributed by atoms with E-state index in [1.54, 1.807) is 6.26 Å². The maximum Gasteiger partial charge on any atom is 0.124 e. The smallest absolute Gasteiger partial charge is 0.124 e. The van der Waals surface area contributed by atoms with Gasteiger partial charge in [-0.3, -0.25) is 5.32 Å². The van der Waals surface area contributed by atoms with Gasteiger partial charge in [0.1, 0.15) is 11.5 Å². The zero-order chi connectivity index (χ0) is 10.2. The van der Waals surface area contributed by atoms with Crippen molar-refractivity contribution < 1.29 is 9.15 Å². The summed E-state index contributed by atoms with van der Waals surface area (Å²) in [5.41, 5.74) is -0.233. The molecule has 1 aliphatic rings. The number of hydrogen-bond acceptors (Lipinski definition) is 3. The number of ether oxygens (including phenoxy) is 1. The highest BCUT2D eigenvalue weighted by Crippen LogP contribution is 2.26. The molecule has 0 amide bonds. The van der Waals surface area contributed by atoms with Crippen LogP contribution in [0.5, 0.6) is 0 Å². The van der Waals surface area contributed by atoms with E-state index in [9.17, 15) is 0 Å². The summed E-state index contributed by atoms with van der Waals surface area (Å²) in [6.45, 7) is 7.08. The Morgan fingerprint density at radius 3 is 2.60 bits per heavy atom. The van der Waals surface area contributed by atoms with Crippen LogP contribution in [0.15, 0.2) is 22.8 Å². The third-order valence-corrected chi connectivity index (χ3v) is 2.45. The molecular weight excluding hydrogens is 214 g/mol. The van der Waals surface area contributed by atoms with Crippen LogP contribution in [0.2, 0.25) is 0 Å². The summed E-state index contributed by atoms with van der Waals surface area (Å²) >= 11 is 0. The van der Waals surface area contributed by atoms with Gasteiger partial charge in [-0.15, -0.1) is 12.4 Å². The molecule has 0 aliphatic carbocycles. The molecule has 1 atom stereocenters. The van der Waals surface area contributed by atoms with Crippen LogP contribution >= 0.6 is 12.4 Å². The van der Waals surface area contributed by atoms with E-state index in [0.717, 1.165) is 18.8 Å². The standard InChI is InChI=1S/C11H17NO2.ClH/c1-10(2)8-14-11(3,12-10)7-9-5-4-6-13-9;/h4-6,12H,7-8H2,1-3H3;1H. The number of rotatable bonds is 2. The van der Waals surface area contributed by atoms with E-state index in [4.69, 9.17) is 9.15 Å². The predicted molar refractivity (Wildman–Crippen MR) is 61.2 cm³/mol. The Bertz CT molecular complexity index is 310. The largest absolute Gasteiger partial charge is 0.469 e. The molecule has 4 heteroatoms. The molecule has 15 heavy (non-hydrogen) atoms. The van der Waals surface area contributed by atoms with Crippen molar-refractivity contribution >= 4 is 12.4 Å². The normalized spacial score (nSPS) is 28.7. The molecule has 2 heterocycles. The molecule has 1 unspecified atom stereocenters. The van der Waals surface area contributed by atoms with Crippen LogP contribution in [0.4, 0.5) is 0 Å². The van der Waals surface area contributed by atoms with E-state index in [0.29, 0.717) is 0 Å². The van der Waals surface area contributed by atoms with Crippen LogP contribution in [-0.2, 0) is 11.2 Å². The van der Waals surface area contributed by atoms with Gasteiger partial charge >= 0.3 is 0 Å². The third kappa shape index (κ3) is 2.97. The van der Waals surface area contributed by atoms with Crippen molar-refractivity contribution in [3.63, 3.8) is 0 Å². The molecule has 0 radical (unpaired) electrons. The van der Waals surface area contributed by atoms with Crippen molar-refractivity contribution in [2.75, 3.05) is 6.61 Å². The molecule has 0 aromatic carbocycles. The lowest BCUT2D eigenvalue weighted by molar-refractivity contribution is 0.00293. The van der Waals surface area contributed by atoms with E-state index in [1.165, 1.54) is 0 Å². The summed E-state index contributed by atoms with van der Waals surface area (Å²) in [7, 11) is 0. The summed E-state index contributed by atoms with van der Waals surface area (Å²) in [6, 6.07) is 3.88. The van der Waals surface area contributed by atoms with Crippen LogP contribution < -0.4 is 5.32 Å². The van der Waals surface area contributed by atoms with Gasteiger partial charge in [-0.1, -0.05) is 0 Å². The van der Waals surface area contributed by atoms with Crippen LogP contribution in [0.25, 0.3) is 0 Å². The molecule has 1 saturated heterocycles. The molecule has 0 bridgehead atoms. The minimum absolute atomic E-state index is 0. The highest BCUT2D eigenvalue weighted by atomic mass is 35.5. The Labute approximate surface area is 96.6 Å². The molecule has 3 nitrogen and oxygen atoms in total. The quantitative estimate of drug-likeness (QED) is 0.849. The molecule has 1 fully saturated rings. The van der Waals surface area contributed by atoms with Crippen LogP contribution in [0, 0.1) is 0 Å². The zero-order valence-electron chi connectivity index (χ0n) is 9.37. The summed E-state index contributed by atoms with van der Waals surface area (Å²) in [5.74, 6) is 0.956. The monoisotopic (exact) mass is 231 g/mol. The van der Waals surface area contributed by atoms with E-state index >= 15 is 0 Å². The van der Waals surface area contributed by atoms with Crippen molar-refractivity contribution in [3.8, 4) is 0 Å². The Morgan fingerprint density at radius 2 is 2.13 bits per heavy atom. The van der Waals surface area contributed by atoms with Gasteiger partial charge in [-0.2, -0.15) is 0 Å². The molecule has 1 aromatic rings. The van der Waals surface area contributed by atoms with Crippen LogP contribution in [-0.4, -0.2) is 17.9 Å². The van der Waals surface area contributed by atoms with E-state index < -0.39 is 0 Å². The van der Waals surface area contributed by atoms with Crippen molar-refractivity contribution in [1.82, 2.24) is 5.32 Å². The minimum atomic E-state index is -0.290. The van der Waals surface area contributed by atoms with E-state index in [-0.39, 0.29) is 23.7 Å². The Morgan fingerprint density at radius 1 is 1.40 bits per heavy atom. The Kier molecular flexibility index (Phi) is 3.48. The predicted octanol–water partition coefficient (Wildman–Crippen LogP) is 2.36. The van der Waals surface area contributed by atoms with E-state index in [2.05, 4.69) is 26.1 Å². The molecule has 1 aromatic heterocycles. The highest BCUT2D eigenvalue weighted by molar-refractivity contribution is 5.85. The first-order valence-electron chi connectivity index (χ1n) is 4.95.